The van der Waals surface area contributed by atoms with Gasteiger partial charge in [-0.1, -0.05) is 47.5 Å². The molecular weight excluding hydrogens is 558 g/mol. The molecule has 0 bridgehead atoms. The molecule has 4 aromatic carbocycles. The highest BCUT2D eigenvalue weighted by molar-refractivity contribution is 7.93. The lowest BCUT2D eigenvalue weighted by Gasteiger charge is -2.14. The van der Waals surface area contributed by atoms with Crippen molar-refractivity contribution in [2.45, 2.75) is 30.6 Å². The average molecular weight is 584 g/mol. The Hall–Kier alpha value is -3.86. The number of sulfonamides is 2. The summed E-state index contributed by atoms with van der Waals surface area (Å²) in [5.41, 5.74) is 3.71. The summed E-state index contributed by atoms with van der Waals surface area (Å²) in [6.07, 6.45) is 0. The number of carbonyl (C=O) groups excluding carboxylic acids is 1. The molecule has 39 heavy (non-hydrogen) atoms. The number of nitrogens with one attached hydrogen (secondary N) is 3. The van der Waals surface area contributed by atoms with Crippen molar-refractivity contribution in [3.05, 3.63) is 112 Å². The maximum atomic E-state index is 12.9. The van der Waals surface area contributed by atoms with Gasteiger partial charge in [0.05, 0.1) is 31.8 Å². The second kappa shape index (κ2) is 11.1. The molecule has 0 heterocycles. The van der Waals surface area contributed by atoms with Crippen LogP contribution in [0.4, 0.5) is 17.1 Å². The fourth-order valence-corrected chi connectivity index (χ4v) is 6.30. The smallest absolute Gasteiger partial charge is 0.261 e. The second-order valence-electron chi connectivity index (χ2n) is 8.96. The summed E-state index contributed by atoms with van der Waals surface area (Å²) in [6.45, 7) is 5.49. The minimum Gasteiger partial charge on any atom is -0.322 e. The van der Waals surface area contributed by atoms with Crippen LogP contribution in [0.15, 0.2) is 94.7 Å². The van der Waals surface area contributed by atoms with Crippen LogP contribution < -0.4 is 14.8 Å². The van der Waals surface area contributed by atoms with Crippen molar-refractivity contribution in [1.82, 2.24) is 0 Å². The predicted molar refractivity (Wildman–Crippen MR) is 155 cm³/mol. The molecule has 4 aromatic rings. The largest absolute Gasteiger partial charge is 0.322 e. The Balaban J connectivity index is 1.45. The molecule has 0 saturated heterocycles. The lowest BCUT2D eigenvalue weighted by molar-refractivity contribution is 0.102. The van der Waals surface area contributed by atoms with E-state index in [9.17, 15) is 21.6 Å². The van der Waals surface area contributed by atoms with Crippen LogP contribution in [0.5, 0.6) is 0 Å². The van der Waals surface area contributed by atoms with Crippen LogP contribution in [0.1, 0.15) is 27.0 Å². The molecule has 0 radical (unpaired) electrons. The summed E-state index contributed by atoms with van der Waals surface area (Å²) in [6, 6.07) is 21.8. The molecule has 3 N–H and O–H groups in total. The van der Waals surface area contributed by atoms with Crippen LogP contribution in [0.3, 0.4) is 0 Å². The van der Waals surface area contributed by atoms with Gasteiger partial charge in [0, 0.05) is 5.69 Å². The van der Waals surface area contributed by atoms with E-state index in [1.807, 2.05) is 39.0 Å². The molecule has 0 aromatic heterocycles. The van der Waals surface area contributed by atoms with Gasteiger partial charge in [0.15, 0.2) is 0 Å². The molecule has 0 aliphatic rings. The summed E-state index contributed by atoms with van der Waals surface area (Å²) < 4.78 is 56.1. The molecule has 0 unspecified atom stereocenters. The van der Waals surface area contributed by atoms with Gasteiger partial charge in [0.25, 0.3) is 26.0 Å². The number of para-hydroxylation sites is 1. The van der Waals surface area contributed by atoms with E-state index in [0.717, 1.165) is 16.7 Å². The molecule has 0 fully saturated rings. The molecule has 11 heteroatoms. The van der Waals surface area contributed by atoms with Gasteiger partial charge >= 0.3 is 0 Å². The number of amides is 1. The Morgan fingerprint density at radius 1 is 0.667 bits per heavy atom. The number of carbonyl (C=O) groups is 1. The maximum absolute atomic E-state index is 12.9. The highest BCUT2D eigenvalue weighted by Crippen LogP contribution is 2.26. The van der Waals surface area contributed by atoms with Crippen molar-refractivity contribution in [1.29, 1.82) is 0 Å². The van der Waals surface area contributed by atoms with Gasteiger partial charge in [-0.3, -0.25) is 14.2 Å². The lowest BCUT2D eigenvalue weighted by atomic mass is 10.1. The number of aryl methyl sites for hydroxylation is 3. The topological polar surface area (TPSA) is 121 Å². The molecule has 8 nitrogen and oxygen atoms in total. The summed E-state index contributed by atoms with van der Waals surface area (Å²) in [4.78, 5) is 12.9. The van der Waals surface area contributed by atoms with E-state index in [2.05, 4.69) is 14.8 Å². The normalized spacial score (nSPS) is 11.6. The Morgan fingerprint density at radius 3 is 1.74 bits per heavy atom. The lowest BCUT2D eigenvalue weighted by Crippen LogP contribution is -2.16. The fraction of sp³-hybridized carbons (Fsp3) is 0.107. The minimum absolute atomic E-state index is 0.0337. The van der Waals surface area contributed by atoms with Crippen molar-refractivity contribution < 1.29 is 21.6 Å². The van der Waals surface area contributed by atoms with E-state index in [4.69, 9.17) is 11.6 Å². The number of benzene rings is 4. The van der Waals surface area contributed by atoms with E-state index in [-0.39, 0.29) is 26.1 Å². The quantitative estimate of drug-likeness (QED) is 0.231. The summed E-state index contributed by atoms with van der Waals surface area (Å²) in [7, 11) is -7.68. The van der Waals surface area contributed by atoms with Gasteiger partial charge in [0.1, 0.15) is 0 Å². The van der Waals surface area contributed by atoms with Crippen LogP contribution in [0.25, 0.3) is 0 Å². The van der Waals surface area contributed by atoms with Crippen molar-refractivity contribution in [3.63, 3.8) is 0 Å². The third-order valence-corrected chi connectivity index (χ3v) is 9.01. The molecule has 0 spiro atoms. The van der Waals surface area contributed by atoms with Crippen LogP contribution in [-0.2, 0) is 20.0 Å². The standard InChI is InChI=1S/C28H26ClN3O5S2/c1-18-7-12-23(13-8-18)38(34,35)31-22-11-16-25(26(29)17-22)28(33)30-21-9-14-24(15-10-21)39(36,37)32-27-19(2)5-4-6-20(27)3/h4-17,31-32H,1-3H3,(H,30,33). The van der Waals surface area contributed by atoms with Gasteiger partial charge in [-0.05, 0) is 86.5 Å². The SMILES string of the molecule is Cc1ccc(S(=O)(=O)Nc2ccc(C(=O)Nc3ccc(S(=O)(=O)Nc4c(C)cccc4C)cc3)c(Cl)c2)cc1. The molecule has 1 amide bonds. The minimum atomic E-state index is -3.84. The van der Waals surface area contributed by atoms with Gasteiger partial charge in [-0.15, -0.1) is 0 Å². The zero-order chi connectivity index (χ0) is 28.4. The number of anilines is 3. The number of rotatable bonds is 8. The van der Waals surface area contributed by atoms with Crippen LogP contribution in [0, 0.1) is 20.8 Å². The molecule has 0 atom stereocenters. The van der Waals surface area contributed by atoms with Gasteiger partial charge in [0.2, 0.25) is 0 Å². The van der Waals surface area contributed by atoms with E-state index < -0.39 is 26.0 Å². The maximum Gasteiger partial charge on any atom is 0.261 e. The van der Waals surface area contributed by atoms with Crippen LogP contribution in [0.2, 0.25) is 5.02 Å². The monoisotopic (exact) mass is 583 g/mol. The van der Waals surface area contributed by atoms with Crippen molar-refractivity contribution in [2.24, 2.45) is 0 Å². The van der Waals surface area contributed by atoms with Crippen LogP contribution in [-0.4, -0.2) is 22.7 Å². The first-order chi connectivity index (χ1) is 18.4. The van der Waals surface area contributed by atoms with E-state index in [0.29, 0.717) is 11.4 Å². The van der Waals surface area contributed by atoms with Crippen molar-refractivity contribution in [3.8, 4) is 0 Å². The molecule has 4 rings (SSSR count). The third kappa shape index (κ3) is 6.59. The predicted octanol–water partition coefficient (Wildman–Crippen LogP) is 6.12. The number of hydrogen-bond donors (Lipinski definition) is 3. The summed E-state index contributed by atoms with van der Waals surface area (Å²) in [5.74, 6) is -0.544. The summed E-state index contributed by atoms with van der Waals surface area (Å²) >= 11 is 6.29. The van der Waals surface area contributed by atoms with E-state index in [1.165, 1.54) is 54.6 Å². The van der Waals surface area contributed by atoms with E-state index in [1.54, 1.807) is 12.1 Å². The molecule has 202 valence electrons. The van der Waals surface area contributed by atoms with Gasteiger partial charge in [-0.2, -0.15) is 0 Å². The molecule has 0 aliphatic heterocycles. The zero-order valence-electron chi connectivity index (χ0n) is 21.3. The Labute approximate surface area is 233 Å². The Kier molecular flexibility index (Phi) is 8.01. The Bertz CT molecular complexity index is 1730. The molecular formula is C28H26ClN3O5S2. The Morgan fingerprint density at radius 2 is 1.18 bits per heavy atom. The molecule has 0 saturated carbocycles. The van der Waals surface area contributed by atoms with E-state index >= 15 is 0 Å². The highest BCUT2D eigenvalue weighted by atomic mass is 35.5. The number of hydrogen-bond acceptors (Lipinski definition) is 5. The van der Waals surface area contributed by atoms with Gasteiger partial charge in [-0.25, -0.2) is 16.8 Å². The second-order valence-corrected chi connectivity index (χ2v) is 12.7. The number of halogens is 1. The third-order valence-electron chi connectivity index (χ3n) is 5.94. The first-order valence-electron chi connectivity index (χ1n) is 11.8. The first kappa shape index (κ1) is 28.2. The van der Waals surface area contributed by atoms with Crippen LogP contribution >= 0.6 is 11.6 Å². The molecule has 0 aliphatic carbocycles. The van der Waals surface area contributed by atoms with Crippen molar-refractivity contribution >= 4 is 54.6 Å². The van der Waals surface area contributed by atoms with Crippen molar-refractivity contribution in [2.75, 3.05) is 14.8 Å². The summed E-state index contributed by atoms with van der Waals surface area (Å²) in [5, 5.41) is 2.70. The first-order valence-corrected chi connectivity index (χ1v) is 15.1. The zero-order valence-corrected chi connectivity index (χ0v) is 23.7. The van der Waals surface area contributed by atoms with Gasteiger partial charge < -0.3 is 5.32 Å². The highest BCUT2D eigenvalue weighted by Gasteiger charge is 2.19. The average Bonchev–Trinajstić information content (AvgIpc) is 2.87. The fourth-order valence-electron chi connectivity index (χ4n) is 3.78.